The minimum Gasteiger partial charge on any atom is -0.387 e. The lowest BCUT2D eigenvalue weighted by Crippen LogP contribution is -2.16. The molecule has 2 rings (SSSR count). The summed E-state index contributed by atoms with van der Waals surface area (Å²) < 4.78 is 0. The first-order valence-electron chi connectivity index (χ1n) is 5.23. The molecule has 84 valence electrons. The number of aliphatic hydroxyl groups is 1. The Labute approximate surface area is 94.4 Å². The highest BCUT2D eigenvalue weighted by molar-refractivity contribution is 5.55. The van der Waals surface area contributed by atoms with Crippen LogP contribution in [0.2, 0.25) is 0 Å². The van der Waals surface area contributed by atoms with Gasteiger partial charge in [-0.25, -0.2) is 4.98 Å². The first kappa shape index (κ1) is 10.9. The summed E-state index contributed by atoms with van der Waals surface area (Å²) in [5.41, 5.74) is 1.93. The minimum absolute atomic E-state index is 0.462. The summed E-state index contributed by atoms with van der Waals surface area (Å²) in [5, 5.41) is 12.7. The van der Waals surface area contributed by atoms with Gasteiger partial charge in [-0.3, -0.25) is 0 Å². The minimum atomic E-state index is -0.462. The molecule has 0 spiro atoms. The first-order chi connectivity index (χ1) is 7.81. The van der Waals surface area contributed by atoms with Gasteiger partial charge in [0.15, 0.2) is 0 Å². The quantitative estimate of drug-likeness (QED) is 0.724. The van der Waals surface area contributed by atoms with E-state index in [4.69, 9.17) is 0 Å². The number of nitrogens with one attached hydrogen (secondary N) is 2. The maximum absolute atomic E-state index is 9.76. The normalized spacial score (nSPS) is 12.6. The monoisotopic (exact) mass is 217 g/mol. The maximum atomic E-state index is 9.76. The summed E-state index contributed by atoms with van der Waals surface area (Å²) in [5.74, 6) is 0.842. The second kappa shape index (κ2) is 4.92. The standard InChI is InChI=1S/C12H15N3O/c1-13-8-11(16)9-2-4-10(5-3-9)12-14-6-7-15-12/h2-7,11,13,16H,8H2,1H3,(H,14,15). The summed E-state index contributed by atoms with van der Waals surface area (Å²) in [6, 6.07) is 7.74. The molecule has 0 aliphatic carbocycles. The molecule has 0 aliphatic rings. The van der Waals surface area contributed by atoms with E-state index in [9.17, 15) is 5.11 Å². The second-order valence-corrected chi connectivity index (χ2v) is 3.63. The number of aromatic amines is 1. The van der Waals surface area contributed by atoms with Crippen molar-refractivity contribution in [2.24, 2.45) is 0 Å². The van der Waals surface area contributed by atoms with Gasteiger partial charge >= 0.3 is 0 Å². The molecule has 0 fully saturated rings. The molecule has 0 amide bonds. The van der Waals surface area contributed by atoms with Crippen molar-refractivity contribution in [3.05, 3.63) is 42.2 Å². The Bertz CT molecular complexity index is 422. The molecule has 1 aromatic heterocycles. The van der Waals surface area contributed by atoms with Gasteiger partial charge in [-0.1, -0.05) is 24.3 Å². The molecule has 1 atom stereocenters. The Hall–Kier alpha value is -1.65. The molecular weight excluding hydrogens is 202 g/mol. The number of aliphatic hydroxyl groups excluding tert-OH is 1. The van der Waals surface area contributed by atoms with Crippen molar-refractivity contribution < 1.29 is 5.11 Å². The first-order valence-corrected chi connectivity index (χ1v) is 5.23. The molecule has 1 heterocycles. The van der Waals surface area contributed by atoms with Crippen LogP contribution in [0.4, 0.5) is 0 Å². The van der Waals surface area contributed by atoms with E-state index < -0.39 is 6.10 Å². The Kier molecular flexibility index (Phi) is 3.34. The van der Waals surface area contributed by atoms with Crippen molar-refractivity contribution in [3.63, 3.8) is 0 Å². The van der Waals surface area contributed by atoms with Crippen LogP contribution in [0.1, 0.15) is 11.7 Å². The third-order valence-corrected chi connectivity index (χ3v) is 2.46. The average Bonchev–Trinajstić information content (AvgIpc) is 2.83. The summed E-state index contributed by atoms with van der Waals surface area (Å²) in [6.45, 7) is 0.556. The number of imidazole rings is 1. The Balaban J connectivity index is 2.16. The van der Waals surface area contributed by atoms with Crippen LogP contribution in [0.15, 0.2) is 36.7 Å². The zero-order chi connectivity index (χ0) is 11.4. The fourth-order valence-electron chi connectivity index (χ4n) is 1.60. The number of rotatable bonds is 4. The number of hydrogen-bond acceptors (Lipinski definition) is 3. The van der Waals surface area contributed by atoms with Crippen LogP contribution < -0.4 is 5.32 Å². The third kappa shape index (κ3) is 2.29. The highest BCUT2D eigenvalue weighted by Gasteiger charge is 2.06. The fraction of sp³-hybridized carbons (Fsp3) is 0.250. The number of aromatic nitrogens is 2. The lowest BCUT2D eigenvalue weighted by Gasteiger charge is -2.10. The van der Waals surface area contributed by atoms with Gasteiger partial charge in [0.1, 0.15) is 5.82 Å². The van der Waals surface area contributed by atoms with Crippen LogP contribution in [0.5, 0.6) is 0 Å². The van der Waals surface area contributed by atoms with E-state index >= 15 is 0 Å². The van der Waals surface area contributed by atoms with E-state index in [0.29, 0.717) is 6.54 Å². The van der Waals surface area contributed by atoms with Gasteiger partial charge in [0.25, 0.3) is 0 Å². The number of likely N-dealkylation sites (N-methyl/N-ethyl adjacent to an activating group) is 1. The van der Waals surface area contributed by atoms with Crippen molar-refractivity contribution in [2.75, 3.05) is 13.6 Å². The highest BCUT2D eigenvalue weighted by atomic mass is 16.3. The zero-order valence-corrected chi connectivity index (χ0v) is 9.14. The summed E-state index contributed by atoms with van der Waals surface area (Å²) >= 11 is 0. The van der Waals surface area contributed by atoms with Crippen LogP contribution in [0.3, 0.4) is 0 Å². The Morgan fingerprint density at radius 1 is 1.38 bits per heavy atom. The number of H-pyrrole nitrogens is 1. The molecule has 2 aromatic rings. The summed E-state index contributed by atoms with van der Waals surface area (Å²) in [6.07, 6.45) is 3.05. The average molecular weight is 217 g/mol. The number of hydrogen-bond donors (Lipinski definition) is 3. The van der Waals surface area contributed by atoms with E-state index in [-0.39, 0.29) is 0 Å². The van der Waals surface area contributed by atoms with Crippen molar-refractivity contribution in [3.8, 4) is 11.4 Å². The predicted molar refractivity (Wildman–Crippen MR) is 62.9 cm³/mol. The molecule has 4 nitrogen and oxygen atoms in total. The number of nitrogens with zero attached hydrogens (tertiary/aromatic N) is 1. The molecule has 4 heteroatoms. The predicted octanol–water partition coefficient (Wildman–Crippen LogP) is 1.33. The second-order valence-electron chi connectivity index (χ2n) is 3.63. The van der Waals surface area contributed by atoms with E-state index in [0.717, 1.165) is 17.0 Å². The molecule has 0 saturated carbocycles. The lowest BCUT2D eigenvalue weighted by molar-refractivity contribution is 0.178. The van der Waals surface area contributed by atoms with Crippen molar-refractivity contribution in [1.29, 1.82) is 0 Å². The topological polar surface area (TPSA) is 60.9 Å². The lowest BCUT2D eigenvalue weighted by atomic mass is 10.1. The fourth-order valence-corrected chi connectivity index (χ4v) is 1.60. The Morgan fingerprint density at radius 2 is 2.12 bits per heavy atom. The van der Waals surface area contributed by atoms with Gasteiger partial charge in [-0.2, -0.15) is 0 Å². The molecule has 0 saturated heterocycles. The van der Waals surface area contributed by atoms with E-state index in [1.807, 2.05) is 31.3 Å². The largest absolute Gasteiger partial charge is 0.387 e. The third-order valence-electron chi connectivity index (χ3n) is 2.46. The van der Waals surface area contributed by atoms with Crippen LogP contribution in [0, 0.1) is 0 Å². The van der Waals surface area contributed by atoms with Crippen LogP contribution in [0.25, 0.3) is 11.4 Å². The van der Waals surface area contributed by atoms with Crippen molar-refractivity contribution in [1.82, 2.24) is 15.3 Å². The molecule has 0 radical (unpaired) electrons. The molecule has 16 heavy (non-hydrogen) atoms. The molecule has 1 aromatic carbocycles. The van der Waals surface area contributed by atoms with Gasteiger partial charge in [0.05, 0.1) is 6.10 Å². The van der Waals surface area contributed by atoms with Crippen LogP contribution in [-0.4, -0.2) is 28.7 Å². The smallest absolute Gasteiger partial charge is 0.137 e. The van der Waals surface area contributed by atoms with Gasteiger partial charge < -0.3 is 15.4 Å². The van der Waals surface area contributed by atoms with Crippen LogP contribution >= 0.6 is 0 Å². The maximum Gasteiger partial charge on any atom is 0.137 e. The zero-order valence-electron chi connectivity index (χ0n) is 9.14. The Morgan fingerprint density at radius 3 is 2.69 bits per heavy atom. The van der Waals surface area contributed by atoms with Gasteiger partial charge in [0, 0.05) is 24.5 Å². The van der Waals surface area contributed by atoms with E-state index in [2.05, 4.69) is 15.3 Å². The molecule has 0 aliphatic heterocycles. The SMILES string of the molecule is CNCC(O)c1ccc(-c2ncc[nH]2)cc1. The molecular formula is C12H15N3O. The van der Waals surface area contributed by atoms with Gasteiger partial charge in [0.2, 0.25) is 0 Å². The number of benzene rings is 1. The highest BCUT2D eigenvalue weighted by Crippen LogP contribution is 2.18. The van der Waals surface area contributed by atoms with Crippen LogP contribution in [-0.2, 0) is 0 Å². The van der Waals surface area contributed by atoms with E-state index in [1.54, 1.807) is 12.4 Å². The molecule has 0 bridgehead atoms. The van der Waals surface area contributed by atoms with Crippen molar-refractivity contribution >= 4 is 0 Å². The summed E-state index contributed by atoms with van der Waals surface area (Å²) in [7, 11) is 1.82. The van der Waals surface area contributed by atoms with Gasteiger partial charge in [-0.15, -0.1) is 0 Å². The summed E-state index contributed by atoms with van der Waals surface area (Å²) in [4.78, 5) is 7.21. The van der Waals surface area contributed by atoms with E-state index in [1.165, 1.54) is 0 Å². The van der Waals surface area contributed by atoms with Crippen molar-refractivity contribution in [2.45, 2.75) is 6.10 Å². The molecule has 1 unspecified atom stereocenters. The van der Waals surface area contributed by atoms with Gasteiger partial charge in [-0.05, 0) is 12.6 Å². The molecule has 3 N–H and O–H groups in total.